The van der Waals surface area contributed by atoms with Crippen LogP contribution in [0.25, 0.3) is 82.1 Å². The topological polar surface area (TPSA) is 61.8 Å². The van der Waals surface area contributed by atoms with Crippen LogP contribution in [0.2, 0.25) is 0 Å². The van der Waals surface area contributed by atoms with Crippen molar-refractivity contribution in [3.8, 4) is 45.8 Å². The Morgan fingerprint density at radius 3 is 1.92 bits per heavy atom. The van der Waals surface area contributed by atoms with Crippen LogP contribution in [0, 0.1) is 29.2 Å². The molecule has 0 amide bonds. The highest BCUT2D eigenvalue weighted by atomic mass is 15.0. The van der Waals surface area contributed by atoms with E-state index in [9.17, 15) is 10.5 Å². The summed E-state index contributed by atoms with van der Waals surface area (Å²) in [5.74, 6) is 0. The molecule has 0 aliphatic carbocycles. The van der Waals surface area contributed by atoms with Crippen LogP contribution in [0.15, 0.2) is 152 Å². The molecule has 0 atom stereocenters. The zero-order chi connectivity index (χ0) is 33.8. The standard InChI is InChI=1S/C45H25N5/c1-48-32-21-22-38(44(26-32)50-40-17-6-4-15-36(40)37-16-5-7-18-41(37)50)35-14-3-2-13-34(35)30-10-8-12-33(25-30)49-42-23-20-29(27-46)24-39(42)45-31(28-47)11-9-19-43(45)49/h2-26H. The maximum absolute atomic E-state index is 10.0. The summed E-state index contributed by atoms with van der Waals surface area (Å²) in [6.45, 7) is 7.88. The molecule has 230 valence electrons. The minimum atomic E-state index is 0.551. The molecule has 50 heavy (non-hydrogen) atoms. The van der Waals surface area contributed by atoms with Gasteiger partial charge in [0.25, 0.3) is 0 Å². The van der Waals surface area contributed by atoms with Crippen LogP contribution in [-0.2, 0) is 0 Å². The highest BCUT2D eigenvalue weighted by Gasteiger charge is 2.20. The van der Waals surface area contributed by atoms with Gasteiger partial charge in [0.15, 0.2) is 5.69 Å². The molecule has 0 bridgehead atoms. The fourth-order valence-corrected chi connectivity index (χ4v) is 7.48. The molecule has 0 aliphatic rings. The van der Waals surface area contributed by atoms with E-state index >= 15 is 0 Å². The van der Waals surface area contributed by atoms with Crippen LogP contribution < -0.4 is 0 Å². The second-order valence-corrected chi connectivity index (χ2v) is 12.3. The number of rotatable bonds is 4. The molecule has 0 fully saturated rings. The van der Waals surface area contributed by atoms with Crippen molar-refractivity contribution in [1.82, 2.24) is 9.13 Å². The predicted molar refractivity (Wildman–Crippen MR) is 202 cm³/mol. The lowest BCUT2D eigenvalue weighted by atomic mass is 9.93. The van der Waals surface area contributed by atoms with Gasteiger partial charge in [0, 0.05) is 38.5 Å². The minimum Gasteiger partial charge on any atom is -0.310 e. The van der Waals surface area contributed by atoms with Gasteiger partial charge < -0.3 is 9.13 Å². The smallest absolute Gasteiger partial charge is 0.189 e. The Bertz CT molecular complexity index is 2920. The maximum Gasteiger partial charge on any atom is 0.189 e. The van der Waals surface area contributed by atoms with E-state index in [0.29, 0.717) is 16.8 Å². The van der Waals surface area contributed by atoms with Crippen LogP contribution >= 0.6 is 0 Å². The molecule has 0 unspecified atom stereocenters. The first kappa shape index (κ1) is 28.8. The van der Waals surface area contributed by atoms with Crippen molar-refractivity contribution in [2.75, 3.05) is 0 Å². The van der Waals surface area contributed by atoms with Gasteiger partial charge in [-0.15, -0.1) is 0 Å². The van der Waals surface area contributed by atoms with E-state index in [4.69, 9.17) is 6.57 Å². The van der Waals surface area contributed by atoms with Gasteiger partial charge in [0.1, 0.15) is 0 Å². The molecule has 0 radical (unpaired) electrons. The van der Waals surface area contributed by atoms with Crippen molar-refractivity contribution in [3.63, 3.8) is 0 Å². The van der Waals surface area contributed by atoms with Gasteiger partial charge in [0.05, 0.1) is 51.9 Å². The lowest BCUT2D eigenvalue weighted by molar-refractivity contribution is 1.18. The van der Waals surface area contributed by atoms with E-state index in [0.717, 1.165) is 77.2 Å². The Morgan fingerprint density at radius 2 is 1.18 bits per heavy atom. The lowest BCUT2D eigenvalue weighted by Crippen LogP contribution is -1.98. The lowest BCUT2D eigenvalue weighted by Gasteiger charge is -2.18. The Hall–Kier alpha value is -7.39. The van der Waals surface area contributed by atoms with Crippen molar-refractivity contribution in [3.05, 3.63) is 174 Å². The fourth-order valence-electron chi connectivity index (χ4n) is 7.48. The molecule has 5 nitrogen and oxygen atoms in total. The first-order valence-electron chi connectivity index (χ1n) is 16.3. The second-order valence-electron chi connectivity index (χ2n) is 12.3. The van der Waals surface area contributed by atoms with Gasteiger partial charge in [-0.1, -0.05) is 91.0 Å². The van der Waals surface area contributed by atoms with E-state index < -0.39 is 0 Å². The number of fused-ring (bicyclic) bond motifs is 6. The number of hydrogen-bond donors (Lipinski definition) is 0. The average molecular weight is 636 g/mol. The first-order chi connectivity index (χ1) is 24.7. The van der Waals surface area contributed by atoms with Crippen LogP contribution in [-0.4, -0.2) is 9.13 Å². The summed E-state index contributed by atoms with van der Waals surface area (Å²) in [5.41, 5.74) is 11.7. The van der Waals surface area contributed by atoms with Crippen molar-refractivity contribution >= 4 is 49.3 Å². The molecule has 2 aromatic heterocycles. The molecule has 0 N–H and O–H groups in total. The molecule has 9 aromatic rings. The van der Waals surface area contributed by atoms with Gasteiger partial charge >= 0.3 is 0 Å². The molecule has 0 saturated heterocycles. The summed E-state index contributed by atoms with van der Waals surface area (Å²) in [7, 11) is 0. The Labute approximate surface area is 288 Å². The zero-order valence-electron chi connectivity index (χ0n) is 26.7. The normalized spacial score (nSPS) is 11.1. The molecule has 9 rings (SSSR count). The summed E-state index contributed by atoms with van der Waals surface area (Å²) in [4.78, 5) is 3.83. The van der Waals surface area contributed by atoms with E-state index in [-0.39, 0.29) is 0 Å². The molecular formula is C45H25N5. The third-order valence-corrected chi connectivity index (χ3v) is 9.60. The Morgan fingerprint density at radius 1 is 0.500 bits per heavy atom. The molecule has 7 aromatic carbocycles. The number of benzene rings is 7. The summed E-state index contributed by atoms with van der Waals surface area (Å²) < 4.78 is 4.45. The number of nitriles is 2. The van der Waals surface area contributed by atoms with Crippen molar-refractivity contribution in [2.45, 2.75) is 0 Å². The Kier molecular flexibility index (Phi) is 6.56. The number of aromatic nitrogens is 2. The van der Waals surface area contributed by atoms with E-state index in [1.807, 2.05) is 48.5 Å². The second kappa shape index (κ2) is 11.4. The maximum atomic E-state index is 10.0. The summed E-state index contributed by atoms with van der Waals surface area (Å²) in [6.07, 6.45) is 0. The molecule has 0 spiro atoms. The predicted octanol–water partition coefficient (Wildman–Crippen LogP) is 11.5. The minimum absolute atomic E-state index is 0.551. The number of nitrogens with zero attached hydrogens (tertiary/aromatic N) is 5. The van der Waals surface area contributed by atoms with Gasteiger partial charge in [-0.25, -0.2) is 4.85 Å². The highest BCUT2D eigenvalue weighted by Crippen LogP contribution is 2.42. The SMILES string of the molecule is [C-]#[N+]c1ccc(-c2ccccc2-c2cccc(-n3c4ccc(C#N)cc4c4c(C#N)cccc43)c2)c(-n2c3ccccc3c3ccccc32)c1. The fraction of sp³-hybridized carbons (Fsp3) is 0. The van der Waals surface area contributed by atoms with Gasteiger partial charge in [-0.2, -0.15) is 10.5 Å². The molecular weight excluding hydrogens is 611 g/mol. The highest BCUT2D eigenvalue weighted by molar-refractivity contribution is 6.12. The number of para-hydroxylation sites is 2. The Balaban J connectivity index is 1.28. The van der Waals surface area contributed by atoms with Crippen molar-refractivity contribution in [2.24, 2.45) is 0 Å². The first-order valence-corrected chi connectivity index (χ1v) is 16.3. The number of hydrogen-bond acceptors (Lipinski definition) is 2. The molecule has 0 saturated carbocycles. The third kappa shape index (κ3) is 4.31. The molecule has 5 heteroatoms. The molecule has 2 heterocycles. The van der Waals surface area contributed by atoms with Crippen molar-refractivity contribution in [1.29, 1.82) is 10.5 Å². The van der Waals surface area contributed by atoms with Crippen LogP contribution in [0.3, 0.4) is 0 Å². The van der Waals surface area contributed by atoms with Crippen LogP contribution in [0.5, 0.6) is 0 Å². The summed E-state index contributed by atoms with van der Waals surface area (Å²) in [5, 5.41) is 23.7. The van der Waals surface area contributed by atoms with E-state index in [1.54, 1.807) is 0 Å². The molecule has 0 aliphatic heterocycles. The van der Waals surface area contributed by atoms with E-state index in [2.05, 4.69) is 129 Å². The average Bonchev–Trinajstić information content (AvgIpc) is 3.70. The van der Waals surface area contributed by atoms with Crippen LogP contribution in [0.4, 0.5) is 5.69 Å². The van der Waals surface area contributed by atoms with E-state index in [1.165, 1.54) is 0 Å². The van der Waals surface area contributed by atoms with Gasteiger partial charge in [0.2, 0.25) is 0 Å². The third-order valence-electron chi connectivity index (χ3n) is 9.60. The summed E-state index contributed by atoms with van der Waals surface area (Å²) >= 11 is 0. The van der Waals surface area contributed by atoms with Crippen LogP contribution in [0.1, 0.15) is 11.1 Å². The zero-order valence-corrected chi connectivity index (χ0v) is 26.7. The quantitative estimate of drug-likeness (QED) is 0.181. The monoisotopic (exact) mass is 635 g/mol. The van der Waals surface area contributed by atoms with Crippen molar-refractivity contribution < 1.29 is 0 Å². The largest absolute Gasteiger partial charge is 0.310 e. The van der Waals surface area contributed by atoms with Gasteiger partial charge in [-0.3, -0.25) is 0 Å². The van der Waals surface area contributed by atoms with Gasteiger partial charge in [-0.05, 0) is 77.4 Å². The summed E-state index contributed by atoms with van der Waals surface area (Å²) in [6, 6.07) is 55.7.